The Labute approximate surface area is 96.4 Å². The summed E-state index contributed by atoms with van der Waals surface area (Å²) in [6.45, 7) is 0.720. The molecule has 14 heavy (non-hydrogen) atoms. The van der Waals surface area contributed by atoms with Crippen LogP contribution in [0.4, 0.5) is 4.39 Å². The van der Waals surface area contributed by atoms with E-state index in [0.717, 1.165) is 30.0 Å². The van der Waals surface area contributed by atoms with Crippen molar-refractivity contribution in [2.75, 3.05) is 12.3 Å². The van der Waals surface area contributed by atoms with E-state index in [0.29, 0.717) is 4.47 Å². The van der Waals surface area contributed by atoms with Crippen molar-refractivity contribution in [1.29, 1.82) is 0 Å². The summed E-state index contributed by atoms with van der Waals surface area (Å²) in [6, 6.07) is 5.12. The largest absolute Gasteiger partial charge is 0.330 e. The summed E-state index contributed by atoms with van der Waals surface area (Å²) in [7, 11) is 0. The molecule has 0 fully saturated rings. The highest BCUT2D eigenvalue weighted by atomic mass is 79.9. The number of hydrogen-bond donors (Lipinski definition) is 1. The molecule has 2 N–H and O–H groups in total. The van der Waals surface area contributed by atoms with Crippen molar-refractivity contribution in [2.24, 2.45) is 5.73 Å². The SMILES string of the molecule is NCCCSCc1cccc(F)c1Br. The highest BCUT2D eigenvalue weighted by Gasteiger charge is 2.04. The predicted molar refractivity (Wildman–Crippen MR) is 63.9 cm³/mol. The monoisotopic (exact) mass is 277 g/mol. The fourth-order valence-electron chi connectivity index (χ4n) is 1.03. The molecule has 0 heterocycles. The molecule has 1 nitrogen and oxygen atoms in total. The number of halogens is 2. The van der Waals surface area contributed by atoms with Gasteiger partial charge in [-0.3, -0.25) is 0 Å². The molecule has 0 saturated carbocycles. The summed E-state index contributed by atoms with van der Waals surface area (Å²) in [4.78, 5) is 0. The van der Waals surface area contributed by atoms with Gasteiger partial charge in [0, 0.05) is 5.75 Å². The molecule has 0 aliphatic heterocycles. The van der Waals surface area contributed by atoms with Gasteiger partial charge in [-0.05, 0) is 46.3 Å². The molecular weight excluding hydrogens is 265 g/mol. The molecule has 0 atom stereocenters. The fraction of sp³-hybridized carbons (Fsp3) is 0.400. The molecule has 0 spiro atoms. The van der Waals surface area contributed by atoms with E-state index in [4.69, 9.17) is 5.73 Å². The number of benzene rings is 1. The van der Waals surface area contributed by atoms with Crippen LogP contribution in [0.3, 0.4) is 0 Å². The molecule has 0 bridgehead atoms. The van der Waals surface area contributed by atoms with Crippen molar-refractivity contribution < 1.29 is 4.39 Å². The number of nitrogens with two attached hydrogens (primary N) is 1. The van der Waals surface area contributed by atoms with Crippen molar-refractivity contribution in [3.63, 3.8) is 0 Å². The van der Waals surface area contributed by atoms with Gasteiger partial charge in [-0.1, -0.05) is 12.1 Å². The number of rotatable bonds is 5. The van der Waals surface area contributed by atoms with Gasteiger partial charge in [0.1, 0.15) is 5.82 Å². The van der Waals surface area contributed by atoms with Crippen LogP contribution in [-0.2, 0) is 5.75 Å². The van der Waals surface area contributed by atoms with Crippen LogP contribution in [0.5, 0.6) is 0 Å². The lowest BCUT2D eigenvalue weighted by molar-refractivity contribution is 0.619. The molecule has 0 amide bonds. The third-order valence-electron chi connectivity index (χ3n) is 1.78. The zero-order chi connectivity index (χ0) is 10.4. The van der Waals surface area contributed by atoms with Gasteiger partial charge >= 0.3 is 0 Å². The summed E-state index contributed by atoms with van der Waals surface area (Å²) in [5, 5.41) is 0. The number of thioether (sulfide) groups is 1. The lowest BCUT2D eigenvalue weighted by Gasteiger charge is -2.04. The molecule has 0 aliphatic rings. The van der Waals surface area contributed by atoms with Crippen LogP contribution in [0.15, 0.2) is 22.7 Å². The molecule has 0 saturated heterocycles. The van der Waals surface area contributed by atoms with Crippen molar-refractivity contribution in [3.8, 4) is 0 Å². The molecule has 1 aromatic carbocycles. The Kier molecular flexibility index (Phi) is 5.52. The van der Waals surface area contributed by atoms with E-state index in [9.17, 15) is 4.39 Å². The van der Waals surface area contributed by atoms with E-state index in [1.165, 1.54) is 6.07 Å². The summed E-state index contributed by atoms with van der Waals surface area (Å²) in [5.41, 5.74) is 6.39. The van der Waals surface area contributed by atoms with E-state index in [2.05, 4.69) is 15.9 Å². The van der Waals surface area contributed by atoms with Gasteiger partial charge in [-0.15, -0.1) is 0 Å². The fourth-order valence-corrected chi connectivity index (χ4v) is 2.59. The van der Waals surface area contributed by atoms with Gasteiger partial charge in [-0.25, -0.2) is 4.39 Å². The van der Waals surface area contributed by atoms with E-state index in [-0.39, 0.29) is 5.82 Å². The van der Waals surface area contributed by atoms with Crippen molar-refractivity contribution in [3.05, 3.63) is 34.1 Å². The summed E-state index contributed by atoms with van der Waals surface area (Å²) >= 11 is 5.01. The summed E-state index contributed by atoms with van der Waals surface area (Å²) < 4.78 is 13.7. The first kappa shape index (κ1) is 12.0. The quantitative estimate of drug-likeness (QED) is 0.837. The average molecular weight is 278 g/mol. The smallest absolute Gasteiger partial charge is 0.137 e. The molecule has 78 valence electrons. The Balaban J connectivity index is 2.46. The summed E-state index contributed by atoms with van der Waals surface area (Å²) in [6.07, 6.45) is 1.01. The highest BCUT2D eigenvalue weighted by Crippen LogP contribution is 2.24. The van der Waals surface area contributed by atoms with Crippen LogP contribution < -0.4 is 5.73 Å². The minimum atomic E-state index is -0.193. The second-order valence-corrected chi connectivity index (χ2v) is 4.81. The molecule has 0 radical (unpaired) electrons. The first-order valence-corrected chi connectivity index (χ1v) is 6.41. The van der Waals surface area contributed by atoms with Gasteiger partial charge < -0.3 is 5.73 Å². The maximum Gasteiger partial charge on any atom is 0.137 e. The number of hydrogen-bond acceptors (Lipinski definition) is 2. The first-order chi connectivity index (χ1) is 6.75. The van der Waals surface area contributed by atoms with Crippen LogP contribution in [0, 0.1) is 5.82 Å². The lowest BCUT2D eigenvalue weighted by Crippen LogP contribution is -1.99. The Morgan fingerprint density at radius 2 is 2.21 bits per heavy atom. The molecule has 0 unspecified atom stereocenters. The van der Waals surface area contributed by atoms with Gasteiger partial charge in [0.15, 0.2) is 0 Å². The lowest BCUT2D eigenvalue weighted by atomic mass is 10.2. The van der Waals surface area contributed by atoms with Gasteiger partial charge in [0.25, 0.3) is 0 Å². The summed E-state index contributed by atoms with van der Waals surface area (Å²) in [5.74, 6) is 1.67. The standard InChI is InChI=1S/C10H13BrFNS/c11-10-8(3-1-4-9(10)12)7-14-6-2-5-13/h1,3-4H,2,5-7,13H2. The van der Waals surface area contributed by atoms with E-state index >= 15 is 0 Å². The van der Waals surface area contributed by atoms with E-state index in [1.54, 1.807) is 17.8 Å². The zero-order valence-corrected chi connectivity index (χ0v) is 10.2. The third kappa shape index (κ3) is 3.59. The average Bonchev–Trinajstić information content (AvgIpc) is 2.19. The zero-order valence-electron chi connectivity index (χ0n) is 7.80. The van der Waals surface area contributed by atoms with Crippen molar-refractivity contribution >= 4 is 27.7 Å². The minimum absolute atomic E-state index is 0.193. The maximum atomic E-state index is 13.1. The maximum absolute atomic E-state index is 13.1. The molecule has 0 aliphatic carbocycles. The second kappa shape index (κ2) is 6.43. The normalized spacial score (nSPS) is 10.5. The second-order valence-electron chi connectivity index (χ2n) is 2.91. The third-order valence-corrected chi connectivity index (χ3v) is 3.76. The Bertz CT molecular complexity index is 293. The molecule has 4 heteroatoms. The van der Waals surface area contributed by atoms with E-state index < -0.39 is 0 Å². The van der Waals surface area contributed by atoms with Gasteiger partial charge in [0.2, 0.25) is 0 Å². The van der Waals surface area contributed by atoms with Crippen LogP contribution in [0.25, 0.3) is 0 Å². The molecule has 1 rings (SSSR count). The van der Waals surface area contributed by atoms with Crippen LogP contribution >= 0.6 is 27.7 Å². The Morgan fingerprint density at radius 3 is 2.93 bits per heavy atom. The Hall–Kier alpha value is -0.0600. The predicted octanol–water partition coefficient (Wildman–Crippen LogP) is 3.17. The van der Waals surface area contributed by atoms with Gasteiger partial charge in [0.05, 0.1) is 4.47 Å². The first-order valence-electron chi connectivity index (χ1n) is 4.46. The van der Waals surface area contributed by atoms with Crippen molar-refractivity contribution in [1.82, 2.24) is 0 Å². The molecular formula is C10H13BrFNS. The van der Waals surface area contributed by atoms with Crippen LogP contribution in [0.1, 0.15) is 12.0 Å². The van der Waals surface area contributed by atoms with Gasteiger partial charge in [-0.2, -0.15) is 11.8 Å². The van der Waals surface area contributed by atoms with Crippen LogP contribution in [-0.4, -0.2) is 12.3 Å². The van der Waals surface area contributed by atoms with Crippen molar-refractivity contribution in [2.45, 2.75) is 12.2 Å². The van der Waals surface area contributed by atoms with E-state index in [1.807, 2.05) is 6.07 Å². The van der Waals surface area contributed by atoms with Crippen LogP contribution in [0.2, 0.25) is 0 Å². The molecule has 1 aromatic rings. The molecule has 0 aromatic heterocycles. The topological polar surface area (TPSA) is 26.0 Å². The minimum Gasteiger partial charge on any atom is -0.330 e. The Morgan fingerprint density at radius 1 is 1.43 bits per heavy atom. The highest BCUT2D eigenvalue weighted by molar-refractivity contribution is 9.10.